The summed E-state index contributed by atoms with van der Waals surface area (Å²) in [6.45, 7) is 4.96. The number of rotatable bonds is 7. The van der Waals surface area contributed by atoms with Gasteiger partial charge in [0.1, 0.15) is 0 Å². The van der Waals surface area contributed by atoms with Gasteiger partial charge in [-0.3, -0.25) is 4.21 Å². The molecule has 0 aliphatic heterocycles. The highest BCUT2D eigenvalue weighted by Gasteiger charge is 2.15. The van der Waals surface area contributed by atoms with Gasteiger partial charge in [0.25, 0.3) is 0 Å². The zero-order chi connectivity index (χ0) is 13.6. The van der Waals surface area contributed by atoms with Gasteiger partial charge in [0, 0.05) is 27.3 Å². The van der Waals surface area contributed by atoms with Gasteiger partial charge in [0.15, 0.2) is 0 Å². The highest BCUT2D eigenvalue weighted by atomic mass is 35.5. The molecule has 2 N–H and O–H groups in total. The third kappa shape index (κ3) is 5.51. The van der Waals surface area contributed by atoms with E-state index in [1.165, 1.54) is 0 Å². The number of halogens is 1. The lowest BCUT2D eigenvalue weighted by Gasteiger charge is -2.21. The summed E-state index contributed by atoms with van der Waals surface area (Å²) in [5.74, 6) is 1.26. The van der Waals surface area contributed by atoms with Crippen LogP contribution in [0, 0.1) is 5.41 Å². The SMILES string of the molecule is CC(C)(CN)CCCS(=O)Cc1ccccc1Cl. The molecule has 0 saturated heterocycles. The molecule has 1 aromatic rings. The molecule has 1 rings (SSSR count). The van der Waals surface area contributed by atoms with Crippen LogP contribution in [0.4, 0.5) is 0 Å². The molecule has 0 aliphatic carbocycles. The molecule has 0 fully saturated rings. The van der Waals surface area contributed by atoms with Crippen LogP contribution in [0.15, 0.2) is 24.3 Å². The standard InChI is InChI=1S/C14H22ClNOS/c1-14(2,11-16)8-5-9-18(17)10-12-6-3-4-7-13(12)15/h3-4,6-7H,5,8-11,16H2,1-2H3. The summed E-state index contributed by atoms with van der Waals surface area (Å²) in [6, 6.07) is 7.59. The fourth-order valence-corrected chi connectivity index (χ4v) is 3.17. The van der Waals surface area contributed by atoms with Crippen molar-refractivity contribution < 1.29 is 4.21 Å². The van der Waals surface area contributed by atoms with Crippen LogP contribution in [0.25, 0.3) is 0 Å². The van der Waals surface area contributed by atoms with Crippen LogP contribution >= 0.6 is 11.6 Å². The minimum absolute atomic E-state index is 0.147. The summed E-state index contributed by atoms with van der Waals surface area (Å²) >= 11 is 6.05. The smallest absolute Gasteiger partial charge is 0.0500 e. The third-order valence-corrected chi connectivity index (χ3v) is 4.80. The van der Waals surface area contributed by atoms with Crippen molar-refractivity contribution in [1.82, 2.24) is 0 Å². The maximum atomic E-state index is 12.0. The molecular formula is C14H22ClNOS. The minimum atomic E-state index is -0.843. The Morgan fingerprint density at radius 1 is 1.33 bits per heavy atom. The number of benzene rings is 1. The first-order valence-electron chi connectivity index (χ1n) is 6.23. The van der Waals surface area contributed by atoms with Gasteiger partial charge in [-0.05, 0) is 36.4 Å². The van der Waals surface area contributed by atoms with E-state index in [-0.39, 0.29) is 5.41 Å². The van der Waals surface area contributed by atoms with Crippen molar-refractivity contribution in [2.24, 2.45) is 11.1 Å². The van der Waals surface area contributed by atoms with E-state index in [2.05, 4.69) is 13.8 Å². The Bertz CT molecular complexity index is 407. The van der Waals surface area contributed by atoms with Gasteiger partial charge in [-0.1, -0.05) is 43.6 Å². The zero-order valence-corrected chi connectivity index (χ0v) is 12.7. The van der Waals surface area contributed by atoms with E-state index in [1.54, 1.807) is 0 Å². The molecule has 102 valence electrons. The molecule has 0 bridgehead atoms. The predicted octanol–water partition coefficient (Wildman–Crippen LogP) is 3.35. The molecule has 0 aliphatic rings. The lowest BCUT2D eigenvalue weighted by Crippen LogP contribution is -2.23. The van der Waals surface area contributed by atoms with Gasteiger partial charge in [-0.25, -0.2) is 0 Å². The summed E-state index contributed by atoms with van der Waals surface area (Å²) in [4.78, 5) is 0. The van der Waals surface area contributed by atoms with Gasteiger partial charge in [-0.2, -0.15) is 0 Å². The molecule has 1 aromatic carbocycles. The van der Waals surface area contributed by atoms with Gasteiger partial charge in [0.2, 0.25) is 0 Å². The van der Waals surface area contributed by atoms with Crippen molar-refractivity contribution in [2.45, 2.75) is 32.4 Å². The summed E-state index contributed by atoms with van der Waals surface area (Å²) in [5, 5.41) is 0.702. The lowest BCUT2D eigenvalue weighted by molar-refractivity contribution is 0.344. The highest BCUT2D eigenvalue weighted by molar-refractivity contribution is 7.84. The first kappa shape index (κ1) is 15.7. The molecular weight excluding hydrogens is 266 g/mol. The van der Waals surface area contributed by atoms with Crippen molar-refractivity contribution in [3.63, 3.8) is 0 Å². The molecule has 0 heterocycles. The van der Waals surface area contributed by atoms with E-state index in [4.69, 9.17) is 17.3 Å². The first-order chi connectivity index (χ1) is 8.44. The molecule has 2 nitrogen and oxygen atoms in total. The molecule has 0 saturated carbocycles. The summed E-state index contributed by atoms with van der Waals surface area (Å²) in [5.41, 5.74) is 6.79. The number of nitrogens with two attached hydrogens (primary N) is 1. The van der Waals surface area contributed by atoms with E-state index in [1.807, 2.05) is 24.3 Å². The van der Waals surface area contributed by atoms with Crippen molar-refractivity contribution in [3.8, 4) is 0 Å². The Morgan fingerprint density at radius 3 is 2.61 bits per heavy atom. The highest BCUT2D eigenvalue weighted by Crippen LogP contribution is 2.21. The minimum Gasteiger partial charge on any atom is -0.330 e. The summed E-state index contributed by atoms with van der Waals surface area (Å²) in [6.07, 6.45) is 1.96. The van der Waals surface area contributed by atoms with Gasteiger partial charge < -0.3 is 5.73 Å². The van der Waals surface area contributed by atoms with Crippen molar-refractivity contribution in [3.05, 3.63) is 34.9 Å². The number of hydrogen-bond acceptors (Lipinski definition) is 2. The monoisotopic (exact) mass is 287 g/mol. The Kier molecular flexibility index (Phi) is 6.33. The van der Waals surface area contributed by atoms with E-state index >= 15 is 0 Å². The van der Waals surface area contributed by atoms with Gasteiger partial charge in [-0.15, -0.1) is 0 Å². The topological polar surface area (TPSA) is 43.1 Å². The zero-order valence-electron chi connectivity index (χ0n) is 11.1. The average molecular weight is 288 g/mol. The Hall–Kier alpha value is -0.380. The van der Waals surface area contributed by atoms with Crippen LogP contribution in [0.5, 0.6) is 0 Å². The van der Waals surface area contributed by atoms with Crippen molar-refractivity contribution in [2.75, 3.05) is 12.3 Å². The van der Waals surface area contributed by atoms with Crippen LogP contribution < -0.4 is 5.73 Å². The maximum absolute atomic E-state index is 12.0. The second-order valence-corrected chi connectivity index (χ2v) is 7.34. The molecule has 4 heteroatoms. The quantitative estimate of drug-likeness (QED) is 0.836. The predicted molar refractivity (Wildman–Crippen MR) is 80.2 cm³/mol. The Balaban J connectivity index is 2.37. The normalized spacial score (nSPS) is 13.6. The number of hydrogen-bond donors (Lipinski definition) is 1. The Labute approximate surface area is 117 Å². The second-order valence-electron chi connectivity index (χ2n) is 5.35. The van der Waals surface area contributed by atoms with Gasteiger partial charge in [0.05, 0.1) is 0 Å². The van der Waals surface area contributed by atoms with E-state index in [0.717, 1.165) is 18.4 Å². The molecule has 1 unspecified atom stereocenters. The van der Waals surface area contributed by atoms with Crippen LogP contribution in [0.1, 0.15) is 32.3 Å². The van der Waals surface area contributed by atoms with Crippen LogP contribution in [-0.4, -0.2) is 16.5 Å². The van der Waals surface area contributed by atoms with Crippen LogP contribution in [-0.2, 0) is 16.6 Å². The third-order valence-electron chi connectivity index (χ3n) is 3.05. The van der Waals surface area contributed by atoms with Gasteiger partial charge >= 0.3 is 0 Å². The lowest BCUT2D eigenvalue weighted by atomic mass is 9.88. The molecule has 18 heavy (non-hydrogen) atoms. The molecule has 0 aromatic heterocycles. The van der Waals surface area contributed by atoms with Crippen molar-refractivity contribution >= 4 is 22.4 Å². The van der Waals surface area contributed by atoms with Crippen LogP contribution in [0.3, 0.4) is 0 Å². The molecule has 0 radical (unpaired) electrons. The maximum Gasteiger partial charge on any atom is 0.0500 e. The molecule has 1 atom stereocenters. The fourth-order valence-electron chi connectivity index (χ4n) is 1.67. The average Bonchev–Trinajstić information content (AvgIpc) is 2.32. The molecule has 0 spiro atoms. The summed E-state index contributed by atoms with van der Waals surface area (Å²) in [7, 11) is -0.843. The summed E-state index contributed by atoms with van der Waals surface area (Å²) < 4.78 is 12.0. The van der Waals surface area contributed by atoms with E-state index in [0.29, 0.717) is 23.1 Å². The first-order valence-corrected chi connectivity index (χ1v) is 8.10. The Morgan fingerprint density at radius 2 is 2.00 bits per heavy atom. The van der Waals surface area contributed by atoms with Crippen LogP contribution in [0.2, 0.25) is 5.02 Å². The largest absolute Gasteiger partial charge is 0.330 e. The van der Waals surface area contributed by atoms with Crippen molar-refractivity contribution in [1.29, 1.82) is 0 Å². The van der Waals surface area contributed by atoms with E-state index < -0.39 is 10.8 Å². The molecule has 0 amide bonds. The second kappa shape index (κ2) is 7.27. The fraction of sp³-hybridized carbons (Fsp3) is 0.571. The van der Waals surface area contributed by atoms with E-state index in [9.17, 15) is 4.21 Å².